The first kappa shape index (κ1) is 15.1. The van der Waals surface area contributed by atoms with Crippen LogP contribution in [0.15, 0.2) is 30.3 Å². The van der Waals surface area contributed by atoms with Crippen LogP contribution in [0, 0.1) is 11.6 Å². The van der Waals surface area contributed by atoms with Gasteiger partial charge in [0.15, 0.2) is 0 Å². The Balaban J connectivity index is 2.09. The molecule has 4 N–H and O–H groups in total. The van der Waals surface area contributed by atoms with Gasteiger partial charge in [-0.15, -0.1) is 0 Å². The van der Waals surface area contributed by atoms with Crippen molar-refractivity contribution in [3.63, 3.8) is 0 Å². The first-order valence-electron chi connectivity index (χ1n) is 5.86. The molecule has 0 saturated carbocycles. The average Bonchev–Trinajstić information content (AvgIpc) is 2.45. The zero-order valence-electron chi connectivity index (χ0n) is 10.7. The molecule has 2 aromatic rings. The number of nitrogen functional groups attached to an aromatic ring is 1. The summed E-state index contributed by atoms with van der Waals surface area (Å²) < 4.78 is 26.2. The molecule has 1 aromatic heterocycles. The van der Waals surface area contributed by atoms with Gasteiger partial charge in [0.1, 0.15) is 22.6 Å². The Hall–Kier alpha value is -2.25. The number of hydrazine groups is 1. The van der Waals surface area contributed by atoms with E-state index in [0.29, 0.717) is 0 Å². The zero-order chi connectivity index (χ0) is 15.4. The van der Waals surface area contributed by atoms with E-state index in [1.54, 1.807) is 0 Å². The number of carbonyl (C=O) groups is 1. The third kappa shape index (κ3) is 3.87. The molecule has 21 heavy (non-hydrogen) atoms. The van der Waals surface area contributed by atoms with Crippen molar-refractivity contribution < 1.29 is 13.6 Å². The van der Waals surface area contributed by atoms with E-state index >= 15 is 0 Å². The molecule has 2 rings (SSSR count). The number of nitrogens with one attached hydrogen (secondary N) is 2. The van der Waals surface area contributed by atoms with Crippen molar-refractivity contribution in [1.82, 2.24) is 10.3 Å². The van der Waals surface area contributed by atoms with Crippen LogP contribution in [0.1, 0.15) is 15.9 Å². The van der Waals surface area contributed by atoms with Crippen LogP contribution in [0.5, 0.6) is 0 Å². The first-order valence-corrected chi connectivity index (χ1v) is 6.23. The number of aromatic nitrogens is 1. The topological polar surface area (TPSA) is 80.0 Å². The molecule has 0 saturated heterocycles. The van der Waals surface area contributed by atoms with Gasteiger partial charge in [0.05, 0.1) is 0 Å². The van der Waals surface area contributed by atoms with Crippen LogP contribution >= 0.6 is 11.6 Å². The number of nitrogens with two attached hydrogens (primary N) is 1. The van der Waals surface area contributed by atoms with Gasteiger partial charge in [0.25, 0.3) is 5.91 Å². The predicted octanol–water partition coefficient (Wildman–Crippen LogP) is 2.23. The van der Waals surface area contributed by atoms with Crippen LogP contribution < -0.4 is 16.6 Å². The van der Waals surface area contributed by atoms with Gasteiger partial charge in [-0.3, -0.25) is 4.79 Å². The van der Waals surface area contributed by atoms with E-state index in [9.17, 15) is 13.6 Å². The maximum absolute atomic E-state index is 13.4. The smallest absolute Gasteiger partial charge is 0.251 e. The van der Waals surface area contributed by atoms with E-state index in [4.69, 9.17) is 17.4 Å². The van der Waals surface area contributed by atoms with Crippen LogP contribution in [0.4, 0.5) is 14.6 Å². The third-order valence-electron chi connectivity index (χ3n) is 2.66. The Labute approximate surface area is 124 Å². The van der Waals surface area contributed by atoms with Crippen molar-refractivity contribution in [3.05, 3.63) is 58.2 Å². The number of benzene rings is 1. The molecule has 0 bridgehead atoms. The van der Waals surface area contributed by atoms with Gasteiger partial charge in [-0.05, 0) is 18.2 Å². The molecule has 5 nitrogen and oxygen atoms in total. The van der Waals surface area contributed by atoms with Crippen LogP contribution in [-0.2, 0) is 6.54 Å². The number of carbonyl (C=O) groups excluding carboxylic acids is 1. The van der Waals surface area contributed by atoms with Crippen LogP contribution in [-0.4, -0.2) is 10.9 Å². The Morgan fingerprint density at radius 1 is 1.29 bits per heavy atom. The lowest BCUT2D eigenvalue weighted by molar-refractivity contribution is 0.0950. The van der Waals surface area contributed by atoms with Crippen molar-refractivity contribution >= 4 is 23.3 Å². The summed E-state index contributed by atoms with van der Waals surface area (Å²) in [6, 6.07) is 5.86. The van der Waals surface area contributed by atoms with Crippen LogP contribution in [0.2, 0.25) is 5.15 Å². The normalized spacial score (nSPS) is 10.3. The SMILES string of the molecule is NNc1cc(C(=O)NCc2ccc(F)cc2F)cc(Cl)n1. The number of rotatable bonds is 4. The van der Waals surface area contributed by atoms with Crippen LogP contribution in [0.25, 0.3) is 0 Å². The summed E-state index contributed by atoms with van der Waals surface area (Å²) in [4.78, 5) is 15.8. The summed E-state index contributed by atoms with van der Waals surface area (Å²) >= 11 is 5.74. The molecule has 8 heteroatoms. The fraction of sp³-hybridized carbons (Fsp3) is 0.0769. The maximum Gasteiger partial charge on any atom is 0.251 e. The molecule has 1 heterocycles. The molecule has 0 unspecified atom stereocenters. The molecular formula is C13H11ClF2N4O. The third-order valence-corrected chi connectivity index (χ3v) is 2.85. The number of amides is 1. The molecule has 0 radical (unpaired) electrons. The molecule has 110 valence electrons. The lowest BCUT2D eigenvalue weighted by Crippen LogP contribution is -2.24. The quantitative estimate of drug-likeness (QED) is 0.459. The zero-order valence-corrected chi connectivity index (χ0v) is 11.4. The van der Waals surface area contributed by atoms with E-state index in [1.165, 1.54) is 18.2 Å². The minimum Gasteiger partial charge on any atom is -0.348 e. The number of anilines is 1. The van der Waals surface area contributed by atoms with E-state index in [2.05, 4.69) is 15.7 Å². The maximum atomic E-state index is 13.4. The molecule has 0 spiro atoms. The molecule has 0 aliphatic rings. The first-order chi connectivity index (χ1) is 9.99. The van der Waals surface area contributed by atoms with Gasteiger partial charge < -0.3 is 10.7 Å². The molecule has 0 aliphatic carbocycles. The van der Waals surface area contributed by atoms with Gasteiger partial charge in [-0.1, -0.05) is 17.7 Å². The predicted molar refractivity (Wildman–Crippen MR) is 74.6 cm³/mol. The number of pyridine rings is 1. The highest BCUT2D eigenvalue weighted by Crippen LogP contribution is 2.14. The Kier molecular flexibility index (Phi) is 4.66. The second-order valence-corrected chi connectivity index (χ2v) is 4.51. The summed E-state index contributed by atoms with van der Waals surface area (Å²) in [7, 11) is 0. The Bertz CT molecular complexity index is 681. The minimum absolute atomic E-state index is 0.0866. The Morgan fingerprint density at radius 3 is 2.71 bits per heavy atom. The van der Waals surface area contributed by atoms with Crippen molar-refractivity contribution in [2.45, 2.75) is 6.54 Å². The highest BCUT2D eigenvalue weighted by molar-refractivity contribution is 6.29. The molecular weight excluding hydrogens is 302 g/mol. The van der Waals surface area contributed by atoms with Gasteiger partial charge in [0.2, 0.25) is 0 Å². The van der Waals surface area contributed by atoms with E-state index in [-0.39, 0.29) is 28.6 Å². The molecule has 0 atom stereocenters. The second-order valence-electron chi connectivity index (χ2n) is 4.13. The Morgan fingerprint density at radius 2 is 2.05 bits per heavy atom. The number of halogens is 3. The molecule has 1 amide bonds. The van der Waals surface area contributed by atoms with Gasteiger partial charge in [-0.25, -0.2) is 19.6 Å². The van der Waals surface area contributed by atoms with Crippen molar-refractivity contribution in [2.24, 2.45) is 5.84 Å². The number of hydrogen-bond acceptors (Lipinski definition) is 4. The molecule has 0 fully saturated rings. The highest BCUT2D eigenvalue weighted by atomic mass is 35.5. The largest absolute Gasteiger partial charge is 0.348 e. The van der Waals surface area contributed by atoms with Crippen molar-refractivity contribution in [2.75, 3.05) is 5.43 Å². The van der Waals surface area contributed by atoms with Gasteiger partial charge in [-0.2, -0.15) is 0 Å². The van der Waals surface area contributed by atoms with Crippen molar-refractivity contribution in [3.8, 4) is 0 Å². The highest BCUT2D eigenvalue weighted by Gasteiger charge is 2.10. The van der Waals surface area contributed by atoms with Crippen LogP contribution in [0.3, 0.4) is 0 Å². The second kappa shape index (κ2) is 6.47. The van der Waals surface area contributed by atoms with E-state index < -0.39 is 17.5 Å². The van der Waals surface area contributed by atoms with E-state index in [1.807, 2.05) is 0 Å². The van der Waals surface area contributed by atoms with Gasteiger partial charge in [0, 0.05) is 23.7 Å². The molecule has 0 aliphatic heterocycles. The van der Waals surface area contributed by atoms with Crippen molar-refractivity contribution in [1.29, 1.82) is 0 Å². The average molecular weight is 313 g/mol. The number of hydrogen-bond donors (Lipinski definition) is 3. The summed E-state index contributed by atoms with van der Waals surface area (Å²) in [5.74, 6) is 3.53. The summed E-state index contributed by atoms with van der Waals surface area (Å²) in [6.45, 7) is -0.0870. The summed E-state index contributed by atoms with van der Waals surface area (Å²) in [6.07, 6.45) is 0. The monoisotopic (exact) mass is 312 g/mol. The fourth-order valence-corrected chi connectivity index (χ4v) is 1.85. The molecule has 1 aromatic carbocycles. The van der Waals surface area contributed by atoms with E-state index in [0.717, 1.165) is 12.1 Å². The minimum atomic E-state index is -0.729. The van der Waals surface area contributed by atoms with Gasteiger partial charge >= 0.3 is 0 Å². The summed E-state index contributed by atoms with van der Waals surface area (Å²) in [5.41, 5.74) is 2.66. The lowest BCUT2D eigenvalue weighted by Gasteiger charge is -2.08. The number of nitrogens with zero attached hydrogens (tertiary/aromatic N) is 1. The fourth-order valence-electron chi connectivity index (χ4n) is 1.64. The standard InChI is InChI=1S/C13H11ClF2N4O/c14-11-3-8(4-12(19-11)20-17)13(21)18-6-7-1-2-9(15)5-10(7)16/h1-5H,6,17H2,(H,18,21)(H,19,20). The summed E-state index contributed by atoms with van der Waals surface area (Å²) in [5, 5.41) is 2.58. The lowest BCUT2D eigenvalue weighted by atomic mass is 10.2.